The summed E-state index contributed by atoms with van der Waals surface area (Å²) in [6, 6.07) is 11.0. The zero-order valence-electron chi connectivity index (χ0n) is 11.9. The standard InChI is InChI=1S/C16H20N4O/c17-15(12-5-2-1-3-6-12)16(21)20-10-4-7-13(11-20)14-8-9-18-19-14/h1-3,5-6,8-9,13,15H,4,7,10-11,17H2,(H,18,19)/t13?,15-/m1/s1. The summed E-state index contributed by atoms with van der Waals surface area (Å²) in [6.45, 7) is 1.49. The number of carbonyl (C=O) groups is 1. The molecular weight excluding hydrogens is 264 g/mol. The minimum atomic E-state index is -0.577. The van der Waals surface area contributed by atoms with Crippen molar-refractivity contribution in [2.45, 2.75) is 24.8 Å². The number of hydrogen-bond acceptors (Lipinski definition) is 3. The highest BCUT2D eigenvalue weighted by atomic mass is 16.2. The Balaban J connectivity index is 1.70. The molecule has 5 heteroatoms. The van der Waals surface area contributed by atoms with Crippen LogP contribution in [0.15, 0.2) is 42.6 Å². The number of nitrogens with one attached hydrogen (secondary N) is 1. The van der Waals surface area contributed by atoms with E-state index in [1.165, 1.54) is 0 Å². The van der Waals surface area contributed by atoms with E-state index in [-0.39, 0.29) is 5.91 Å². The number of amides is 1. The molecule has 1 aliphatic rings. The molecule has 1 aromatic heterocycles. The fourth-order valence-electron chi connectivity index (χ4n) is 2.92. The van der Waals surface area contributed by atoms with E-state index in [0.717, 1.165) is 30.6 Å². The second kappa shape index (κ2) is 6.10. The van der Waals surface area contributed by atoms with Crippen molar-refractivity contribution in [3.63, 3.8) is 0 Å². The Kier molecular flexibility index (Phi) is 4.01. The van der Waals surface area contributed by atoms with Gasteiger partial charge in [0.2, 0.25) is 5.91 Å². The molecule has 1 aliphatic heterocycles. The van der Waals surface area contributed by atoms with Crippen molar-refractivity contribution in [3.05, 3.63) is 53.9 Å². The lowest BCUT2D eigenvalue weighted by Gasteiger charge is -2.33. The van der Waals surface area contributed by atoms with Crippen LogP contribution < -0.4 is 5.73 Å². The van der Waals surface area contributed by atoms with Crippen molar-refractivity contribution < 1.29 is 4.79 Å². The molecule has 3 N–H and O–H groups in total. The van der Waals surface area contributed by atoms with Gasteiger partial charge in [-0.2, -0.15) is 5.10 Å². The maximum atomic E-state index is 12.6. The van der Waals surface area contributed by atoms with Crippen LogP contribution in [0.4, 0.5) is 0 Å². The Morgan fingerprint density at radius 1 is 1.33 bits per heavy atom. The summed E-state index contributed by atoms with van der Waals surface area (Å²) in [5.41, 5.74) is 8.09. The number of benzene rings is 1. The topological polar surface area (TPSA) is 75.0 Å². The normalized spacial score (nSPS) is 20.2. The minimum Gasteiger partial charge on any atom is -0.340 e. The number of rotatable bonds is 3. The first-order valence-electron chi connectivity index (χ1n) is 7.34. The monoisotopic (exact) mass is 284 g/mol. The third-order valence-electron chi connectivity index (χ3n) is 4.12. The summed E-state index contributed by atoms with van der Waals surface area (Å²) < 4.78 is 0. The molecule has 3 rings (SSSR count). The Morgan fingerprint density at radius 2 is 2.14 bits per heavy atom. The minimum absolute atomic E-state index is 0.00501. The van der Waals surface area contributed by atoms with Crippen LogP contribution in [0, 0.1) is 0 Å². The summed E-state index contributed by atoms with van der Waals surface area (Å²) in [7, 11) is 0. The van der Waals surface area contributed by atoms with Gasteiger partial charge in [0.1, 0.15) is 6.04 Å². The molecule has 1 amide bonds. The molecule has 110 valence electrons. The lowest BCUT2D eigenvalue weighted by molar-refractivity contribution is -0.134. The van der Waals surface area contributed by atoms with Gasteiger partial charge in [0.15, 0.2) is 0 Å². The molecule has 1 aromatic carbocycles. The quantitative estimate of drug-likeness (QED) is 0.902. The molecular formula is C16H20N4O. The Morgan fingerprint density at radius 3 is 2.86 bits per heavy atom. The van der Waals surface area contributed by atoms with Crippen molar-refractivity contribution in [1.82, 2.24) is 15.1 Å². The molecule has 5 nitrogen and oxygen atoms in total. The first-order chi connectivity index (χ1) is 10.3. The fourth-order valence-corrected chi connectivity index (χ4v) is 2.92. The number of aromatic nitrogens is 2. The van der Waals surface area contributed by atoms with Gasteiger partial charge in [0.05, 0.1) is 0 Å². The van der Waals surface area contributed by atoms with Crippen LogP contribution in [0.5, 0.6) is 0 Å². The van der Waals surface area contributed by atoms with E-state index in [9.17, 15) is 4.79 Å². The molecule has 1 unspecified atom stereocenters. The highest BCUT2D eigenvalue weighted by Crippen LogP contribution is 2.26. The van der Waals surface area contributed by atoms with Crippen molar-refractivity contribution in [1.29, 1.82) is 0 Å². The smallest absolute Gasteiger partial charge is 0.244 e. The number of aromatic amines is 1. The summed E-state index contributed by atoms with van der Waals surface area (Å²) in [6.07, 6.45) is 3.83. The number of H-pyrrole nitrogens is 1. The Bertz CT molecular complexity index is 582. The van der Waals surface area contributed by atoms with E-state index in [1.54, 1.807) is 6.20 Å². The van der Waals surface area contributed by atoms with Crippen LogP contribution in [0.25, 0.3) is 0 Å². The predicted octanol–water partition coefficient (Wildman–Crippen LogP) is 1.82. The molecule has 0 bridgehead atoms. The number of nitrogens with zero attached hydrogens (tertiary/aromatic N) is 2. The maximum Gasteiger partial charge on any atom is 0.244 e. The first-order valence-corrected chi connectivity index (χ1v) is 7.34. The fraction of sp³-hybridized carbons (Fsp3) is 0.375. The molecule has 2 atom stereocenters. The van der Waals surface area contributed by atoms with Gasteiger partial charge in [-0.05, 0) is 24.5 Å². The van der Waals surface area contributed by atoms with Crippen LogP contribution in [0.2, 0.25) is 0 Å². The summed E-state index contributed by atoms with van der Waals surface area (Å²) in [4.78, 5) is 14.5. The van der Waals surface area contributed by atoms with Gasteiger partial charge in [0.25, 0.3) is 0 Å². The second-order valence-electron chi connectivity index (χ2n) is 5.52. The number of likely N-dealkylation sites (tertiary alicyclic amines) is 1. The zero-order chi connectivity index (χ0) is 14.7. The van der Waals surface area contributed by atoms with Crippen molar-refractivity contribution in [3.8, 4) is 0 Å². The van der Waals surface area contributed by atoms with E-state index < -0.39 is 6.04 Å². The number of piperidine rings is 1. The molecule has 2 heterocycles. The van der Waals surface area contributed by atoms with Gasteiger partial charge in [-0.1, -0.05) is 30.3 Å². The van der Waals surface area contributed by atoms with Gasteiger partial charge >= 0.3 is 0 Å². The lowest BCUT2D eigenvalue weighted by Crippen LogP contribution is -2.43. The highest BCUT2D eigenvalue weighted by Gasteiger charge is 2.28. The van der Waals surface area contributed by atoms with Gasteiger partial charge in [-0.15, -0.1) is 0 Å². The van der Waals surface area contributed by atoms with Crippen molar-refractivity contribution in [2.24, 2.45) is 5.73 Å². The first kappa shape index (κ1) is 13.8. The average Bonchev–Trinajstić information content (AvgIpc) is 3.09. The van der Waals surface area contributed by atoms with E-state index in [2.05, 4.69) is 10.2 Å². The Labute approximate surface area is 124 Å². The van der Waals surface area contributed by atoms with Gasteiger partial charge < -0.3 is 10.6 Å². The molecule has 0 radical (unpaired) electrons. The summed E-state index contributed by atoms with van der Waals surface area (Å²) >= 11 is 0. The van der Waals surface area contributed by atoms with Crippen LogP contribution in [0.1, 0.15) is 36.1 Å². The van der Waals surface area contributed by atoms with Gasteiger partial charge in [-0.3, -0.25) is 9.89 Å². The number of nitrogens with two attached hydrogens (primary N) is 1. The molecule has 0 saturated carbocycles. The van der Waals surface area contributed by atoms with Crippen molar-refractivity contribution in [2.75, 3.05) is 13.1 Å². The van der Waals surface area contributed by atoms with E-state index >= 15 is 0 Å². The van der Waals surface area contributed by atoms with Crippen LogP contribution in [-0.4, -0.2) is 34.1 Å². The third-order valence-corrected chi connectivity index (χ3v) is 4.12. The van der Waals surface area contributed by atoms with E-state index in [0.29, 0.717) is 12.5 Å². The number of carbonyl (C=O) groups excluding carboxylic acids is 1. The zero-order valence-corrected chi connectivity index (χ0v) is 11.9. The van der Waals surface area contributed by atoms with Gasteiger partial charge in [-0.25, -0.2) is 0 Å². The van der Waals surface area contributed by atoms with E-state index in [4.69, 9.17) is 5.73 Å². The summed E-state index contributed by atoms with van der Waals surface area (Å²) in [5.74, 6) is 0.332. The molecule has 1 saturated heterocycles. The van der Waals surface area contributed by atoms with Gasteiger partial charge in [0, 0.05) is 30.9 Å². The second-order valence-corrected chi connectivity index (χ2v) is 5.52. The molecule has 0 aliphatic carbocycles. The molecule has 21 heavy (non-hydrogen) atoms. The van der Waals surface area contributed by atoms with Crippen LogP contribution in [0.3, 0.4) is 0 Å². The average molecular weight is 284 g/mol. The third kappa shape index (κ3) is 2.97. The summed E-state index contributed by atoms with van der Waals surface area (Å²) in [5, 5.41) is 7.00. The lowest BCUT2D eigenvalue weighted by atomic mass is 9.94. The van der Waals surface area contributed by atoms with Crippen LogP contribution in [-0.2, 0) is 4.79 Å². The largest absolute Gasteiger partial charge is 0.340 e. The highest BCUT2D eigenvalue weighted by molar-refractivity contribution is 5.83. The number of hydrogen-bond donors (Lipinski definition) is 2. The van der Waals surface area contributed by atoms with E-state index in [1.807, 2.05) is 41.3 Å². The Hall–Kier alpha value is -2.14. The molecule has 1 fully saturated rings. The molecule has 2 aromatic rings. The van der Waals surface area contributed by atoms with Crippen LogP contribution >= 0.6 is 0 Å². The maximum absolute atomic E-state index is 12.6. The molecule has 0 spiro atoms. The van der Waals surface area contributed by atoms with Crippen molar-refractivity contribution >= 4 is 5.91 Å². The SMILES string of the molecule is N[C@@H](C(=O)N1CCCC(c2ccn[nH]2)C1)c1ccccc1. The predicted molar refractivity (Wildman–Crippen MR) is 80.5 cm³/mol.